The molecule has 0 radical (unpaired) electrons. The molecule has 0 aliphatic rings. The first-order chi connectivity index (χ1) is 6.13. The van der Waals surface area contributed by atoms with Crippen LogP contribution in [0.15, 0.2) is 9.59 Å². The van der Waals surface area contributed by atoms with Gasteiger partial charge in [-0.15, -0.1) is 0 Å². The Kier molecular flexibility index (Phi) is 2.70. The molecule has 0 fully saturated rings. The largest absolute Gasteiger partial charge is 0.383 e. The highest BCUT2D eigenvalue weighted by molar-refractivity contribution is 5.74. The summed E-state index contributed by atoms with van der Waals surface area (Å²) < 4.78 is 0. The average molecular weight is 182 g/mol. The van der Waals surface area contributed by atoms with Crippen LogP contribution in [0, 0.1) is 0 Å². The van der Waals surface area contributed by atoms with Gasteiger partial charge in [-0.2, -0.15) is 0 Å². The number of nitrogens with zero attached hydrogens (tertiary/aromatic N) is 1. The predicted octanol–water partition coefficient (Wildman–Crippen LogP) is 0.170. The van der Waals surface area contributed by atoms with Gasteiger partial charge < -0.3 is 10.2 Å². The molecular weight excluding hydrogens is 168 g/mol. The van der Waals surface area contributed by atoms with Gasteiger partial charge >= 0.3 is 0 Å². The highest BCUT2D eigenvalue weighted by atomic mass is 16.2. The summed E-state index contributed by atoms with van der Waals surface area (Å²) in [6.07, 6.45) is 0.957. The molecule has 0 spiro atoms. The molecule has 0 saturated carbocycles. The number of rotatable bonds is 4. The van der Waals surface area contributed by atoms with E-state index in [2.05, 4.69) is 5.32 Å². The van der Waals surface area contributed by atoms with Crippen LogP contribution in [0.1, 0.15) is 13.3 Å². The summed E-state index contributed by atoms with van der Waals surface area (Å²) in [5, 5.41) is 2.74. The third-order valence-electron chi connectivity index (χ3n) is 2.08. The Morgan fingerprint density at radius 3 is 2.38 bits per heavy atom. The van der Waals surface area contributed by atoms with Crippen LogP contribution in [0.4, 0.5) is 11.4 Å². The Labute approximate surface area is 76.9 Å². The first kappa shape index (κ1) is 9.77. The molecule has 0 bridgehead atoms. The van der Waals surface area contributed by atoms with Crippen molar-refractivity contribution in [1.82, 2.24) is 0 Å². The van der Waals surface area contributed by atoms with Gasteiger partial charge in [0.2, 0.25) is 0 Å². The fraction of sp³-hybridized carbons (Fsp3) is 0.556. The summed E-state index contributed by atoms with van der Waals surface area (Å²) in [5.74, 6) is 0. The lowest BCUT2D eigenvalue weighted by Gasteiger charge is -2.21. The van der Waals surface area contributed by atoms with Crippen molar-refractivity contribution in [2.45, 2.75) is 13.3 Å². The maximum absolute atomic E-state index is 11.2. The maximum atomic E-state index is 11.2. The molecule has 4 nitrogen and oxygen atoms in total. The topological polar surface area (TPSA) is 49.4 Å². The minimum absolute atomic E-state index is 0.375. The first-order valence-electron chi connectivity index (χ1n) is 4.35. The molecule has 0 atom stereocenters. The SMILES string of the molecule is CCCN(C)c1c(NC)c(=O)c1=O. The zero-order chi connectivity index (χ0) is 10.0. The quantitative estimate of drug-likeness (QED) is 0.674. The van der Waals surface area contributed by atoms with Gasteiger partial charge in [0.1, 0.15) is 11.4 Å². The smallest absolute Gasteiger partial charge is 0.253 e. The molecular formula is C9H14N2O2. The minimum Gasteiger partial charge on any atom is -0.383 e. The third kappa shape index (κ3) is 1.43. The van der Waals surface area contributed by atoms with Gasteiger partial charge in [-0.3, -0.25) is 9.59 Å². The molecule has 0 heterocycles. The van der Waals surface area contributed by atoms with Crippen molar-refractivity contribution in [3.63, 3.8) is 0 Å². The lowest BCUT2D eigenvalue weighted by molar-refractivity contribution is 0.845. The average Bonchev–Trinajstić information content (AvgIpc) is 2.12. The lowest BCUT2D eigenvalue weighted by Crippen LogP contribution is -2.41. The molecule has 13 heavy (non-hydrogen) atoms. The standard InChI is InChI=1S/C9H14N2O2/c1-4-5-11(3)7-6(10-2)8(12)9(7)13/h10H,4-5H2,1-3H3. The van der Waals surface area contributed by atoms with Crippen molar-refractivity contribution in [3.8, 4) is 0 Å². The Hall–Kier alpha value is -1.32. The molecule has 1 aromatic rings. The summed E-state index contributed by atoms with van der Waals surface area (Å²) in [7, 11) is 3.47. The zero-order valence-corrected chi connectivity index (χ0v) is 8.18. The summed E-state index contributed by atoms with van der Waals surface area (Å²) >= 11 is 0. The number of anilines is 2. The van der Waals surface area contributed by atoms with Crippen LogP contribution in [-0.2, 0) is 0 Å². The summed E-state index contributed by atoms with van der Waals surface area (Å²) in [6, 6.07) is 0. The van der Waals surface area contributed by atoms with Gasteiger partial charge in [0.15, 0.2) is 0 Å². The van der Waals surface area contributed by atoms with E-state index in [1.807, 2.05) is 18.9 Å². The van der Waals surface area contributed by atoms with Crippen molar-refractivity contribution in [3.05, 3.63) is 20.4 Å². The second kappa shape index (κ2) is 3.60. The van der Waals surface area contributed by atoms with Crippen molar-refractivity contribution >= 4 is 11.4 Å². The Morgan fingerprint density at radius 2 is 1.92 bits per heavy atom. The number of nitrogens with one attached hydrogen (secondary N) is 1. The van der Waals surface area contributed by atoms with Crippen molar-refractivity contribution < 1.29 is 0 Å². The Balaban J connectivity index is 2.95. The fourth-order valence-corrected chi connectivity index (χ4v) is 1.42. The van der Waals surface area contributed by atoms with Gasteiger partial charge in [-0.05, 0) is 6.42 Å². The highest BCUT2D eigenvalue weighted by Gasteiger charge is 2.22. The second-order valence-electron chi connectivity index (χ2n) is 3.05. The van der Waals surface area contributed by atoms with Crippen LogP contribution in [-0.4, -0.2) is 20.6 Å². The molecule has 1 rings (SSSR count). The molecule has 1 N–H and O–H groups in total. The van der Waals surface area contributed by atoms with E-state index in [-0.39, 0.29) is 5.43 Å². The molecule has 4 heteroatoms. The third-order valence-corrected chi connectivity index (χ3v) is 2.08. The van der Waals surface area contributed by atoms with Gasteiger partial charge in [-0.25, -0.2) is 0 Å². The van der Waals surface area contributed by atoms with Crippen LogP contribution in [0.2, 0.25) is 0 Å². The molecule has 0 saturated heterocycles. The van der Waals surface area contributed by atoms with Crippen molar-refractivity contribution in [1.29, 1.82) is 0 Å². The second-order valence-corrected chi connectivity index (χ2v) is 3.05. The summed E-state index contributed by atoms with van der Waals surface area (Å²) in [4.78, 5) is 24.0. The molecule has 72 valence electrons. The highest BCUT2D eigenvalue weighted by Crippen LogP contribution is 2.17. The first-order valence-corrected chi connectivity index (χ1v) is 4.35. The minimum atomic E-state index is -0.402. The molecule has 1 aromatic carbocycles. The maximum Gasteiger partial charge on any atom is 0.253 e. The lowest BCUT2D eigenvalue weighted by atomic mass is 10.1. The van der Waals surface area contributed by atoms with Gasteiger partial charge in [0, 0.05) is 20.6 Å². The predicted molar refractivity (Wildman–Crippen MR) is 54.5 cm³/mol. The Bertz CT molecular complexity index is 363. The zero-order valence-electron chi connectivity index (χ0n) is 8.18. The van der Waals surface area contributed by atoms with E-state index in [1.165, 1.54) is 0 Å². The van der Waals surface area contributed by atoms with E-state index >= 15 is 0 Å². The monoisotopic (exact) mass is 182 g/mol. The van der Waals surface area contributed by atoms with Gasteiger partial charge in [-0.1, -0.05) is 6.92 Å². The molecule has 0 aromatic heterocycles. The van der Waals surface area contributed by atoms with E-state index in [9.17, 15) is 9.59 Å². The Morgan fingerprint density at radius 1 is 1.31 bits per heavy atom. The van der Waals surface area contributed by atoms with Crippen molar-refractivity contribution in [2.75, 3.05) is 30.9 Å². The van der Waals surface area contributed by atoms with E-state index < -0.39 is 5.43 Å². The van der Waals surface area contributed by atoms with Crippen LogP contribution in [0.5, 0.6) is 0 Å². The van der Waals surface area contributed by atoms with E-state index in [4.69, 9.17) is 0 Å². The molecule has 0 amide bonds. The van der Waals surface area contributed by atoms with E-state index in [0.717, 1.165) is 13.0 Å². The number of hydrogen-bond acceptors (Lipinski definition) is 4. The molecule has 0 aliphatic heterocycles. The van der Waals surface area contributed by atoms with Gasteiger partial charge in [0.05, 0.1) is 0 Å². The van der Waals surface area contributed by atoms with Gasteiger partial charge in [0.25, 0.3) is 10.9 Å². The van der Waals surface area contributed by atoms with Crippen LogP contribution >= 0.6 is 0 Å². The fourth-order valence-electron chi connectivity index (χ4n) is 1.42. The van der Waals surface area contributed by atoms with Crippen molar-refractivity contribution in [2.24, 2.45) is 0 Å². The van der Waals surface area contributed by atoms with Crippen LogP contribution in [0.3, 0.4) is 0 Å². The van der Waals surface area contributed by atoms with Crippen LogP contribution < -0.4 is 21.1 Å². The van der Waals surface area contributed by atoms with E-state index in [1.54, 1.807) is 7.05 Å². The molecule has 0 aliphatic carbocycles. The number of hydrogen-bond donors (Lipinski definition) is 1. The summed E-state index contributed by atoms with van der Waals surface area (Å²) in [5.41, 5.74) is 0.191. The summed E-state index contributed by atoms with van der Waals surface area (Å²) in [6.45, 7) is 2.82. The van der Waals surface area contributed by atoms with E-state index in [0.29, 0.717) is 11.4 Å². The normalized spacial score (nSPS) is 10.4. The van der Waals surface area contributed by atoms with Crippen LogP contribution in [0.25, 0.3) is 0 Å². The molecule has 0 unspecified atom stereocenters.